The van der Waals surface area contributed by atoms with Crippen molar-refractivity contribution in [3.8, 4) is 0 Å². The molecular weight excluding hydrogens is 316 g/mol. The zero-order valence-electron chi connectivity index (χ0n) is 15.2. The molecule has 6 nitrogen and oxygen atoms in total. The molecule has 1 atom stereocenters. The van der Waals surface area contributed by atoms with Crippen LogP contribution >= 0.6 is 0 Å². The summed E-state index contributed by atoms with van der Waals surface area (Å²) in [5.41, 5.74) is 1.53. The Morgan fingerprint density at radius 1 is 1.32 bits per heavy atom. The summed E-state index contributed by atoms with van der Waals surface area (Å²) < 4.78 is 1.44. The van der Waals surface area contributed by atoms with E-state index in [0.717, 1.165) is 37.9 Å². The first-order valence-corrected chi connectivity index (χ1v) is 8.86. The van der Waals surface area contributed by atoms with Crippen molar-refractivity contribution in [3.05, 3.63) is 40.4 Å². The topological polar surface area (TPSA) is 58.4 Å². The van der Waals surface area contributed by atoms with Gasteiger partial charge in [-0.3, -0.25) is 14.2 Å². The molecule has 2 aromatic rings. The van der Waals surface area contributed by atoms with Crippen LogP contribution in [0.25, 0.3) is 10.9 Å². The van der Waals surface area contributed by atoms with Gasteiger partial charge in [-0.15, -0.1) is 0 Å². The third-order valence-electron chi connectivity index (χ3n) is 4.88. The van der Waals surface area contributed by atoms with Gasteiger partial charge in [0.1, 0.15) is 6.54 Å². The Hall–Kier alpha value is -2.21. The zero-order chi connectivity index (χ0) is 18.0. The third kappa shape index (κ3) is 3.74. The molecule has 1 fully saturated rings. The second kappa shape index (κ2) is 7.35. The number of nitrogens with zero attached hydrogens (tertiary/aromatic N) is 4. The summed E-state index contributed by atoms with van der Waals surface area (Å²) in [6.45, 7) is 3.62. The Balaban J connectivity index is 1.84. The van der Waals surface area contributed by atoms with Crippen LogP contribution in [-0.2, 0) is 11.3 Å². The van der Waals surface area contributed by atoms with E-state index in [-0.39, 0.29) is 24.1 Å². The molecule has 0 saturated carbocycles. The quantitative estimate of drug-likeness (QED) is 0.848. The molecule has 1 saturated heterocycles. The van der Waals surface area contributed by atoms with Crippen molar-refractivity contribution in [1.29, 1.82) is 0 Å². The van der Waals surface area contributed by atoms with Gasteiger partial charge in [-0.2, -0.15) is 0 Å². The van der Waals surface area contributed by atoms with Gasteiger partial charge in [0.2, 0.25) is 5.91 Å². The van der Waals surface area contributed by atoms with Gasteiger partial charge < -0.3 is 9.80 Å². The number of likely N-dealkylation sites (tertiary alicyclic amines) is 1. The van der Waals surface area contributed by atoms with Gasteiger partial charge in [0, 0.05) is 19.1 Å². The summed E-state index contributed by atoms with van der Waals surface area (Å²) in [6, 6.07) is 5.78. The van der Waals surface area contributed by atoms with E-state index in [0.29, 0.717) is 10.9 Å². The molecule has 1 amide bonds. The molecule has 1 aliphatic rings. The number of hydrogen-bond donors (Lipinski definition) is 0. The highest BCUT2D eigenvalue weighted by Gasteiger charge is 2.27. The number of aryl methyl sites for hydroxylation is 1. The molecule has 0 aliphatic carbocycles. The van der Waals surface area contributed by atoms with Crippen LogP contribution in [0.5, 0.6) is 0 Å². The summed E-state index contributed by atoms with van der Waals surface area (Å²) >= 11 is 0. The number of rotatable bonds is 4. The van der Waals surface area contributed by atoms with Crippen LogP contribution in [0.15, 0.2) is 29.3 Å². The van der Waals surface area contributed by atoms with Gasteiger partial charge in [-0.25, -0.2) is 4.98 Å². The van der Waals surface area contributed by atoms with E-state index in [1.807, 2.05) is 38.1 Å². The molecule has 1 aliphatic heterocycles. The van der Waals surface area contributed by atoms with Crippen LogP contribution in [0.1, 0.15) is 24.8 Å². The molecule has 25 heavy (non-hydrogen) atoms. The Bertz CT molecular complexity index is 828. The lowest BCUT2D eigenvalue weighted by Gasteiger charge is -2.37. The van der Waals surface area contributed by atoms with Gasteiger partial charge in [-0.05, 0) is 51.9 Å². The average molecular weight is 342 g/mol. The highest BCUT2D eigenvalue weighted by molar-refractivity contribution is 5.81. The first-order valence-electron chi connectivity index (χ1n) is 8.86. The van der Waals surface area contributed by atoms with Crippen molar-refractivity contribution >= 4 is 16.8 Å². The SMILES string of the molecule is Cc1cccc2c(=O)n(CC(=O)N3CCCC[C@@H]3CN(C)C)cnc12. The normalized spacial score (nSPS) is 18.1. The number of carbonyl (C=O) groups is 1. The van der Waals surface area contributed by atoms with Crippen molar-refractivity contribution in [2.45, 2.75) is 38.8 Å². The third-order valence-corrected chi connectivity index (χ3v) is 4.88. The molecule has 0 bridgehead atoms. The van der Waals surface area contributed by atoms with Crippen LogP contribution in [-0.4, -0.2) is 58.5 Å². The lowest BCUT2D eigenvalue weighted by Crippen LogP contribution is -2.49. The van der Waals surface area contributed by atoms with Crippen molar-refractivity contribution in [3.63, 3.8) is 0 Å². The molecule has 1 aromatic carbocycles. The Morgan fingerprint density at radius 3 is 2.88 bits per heavy atom. The standard InChI is InChI=1S/C19H26N4O2/c1-14-7-6-9-16-18(14)20-13-22(19(16)25)12-17(24)23-10-5-4-8-15(23)11-21(2)3/h6-7,9,13,15H,4-5,8,10-12H2,1-3H3/t15-/m1/s1. The smallest absolute Gasteiger partial charge is 0.261 e. The van der Waals surface area contributed by atoms with Crippen LogP contribution in [0, 0.1) is 6.92 Å². The molecule has 3 rings (SSSR count). The molecule has 6 heteroatoms. The molecule has 0 spiro atoms. The van der Waals surface area contributed by atoms with Crippen LogP contribution in [0.3, 0.4) is 0 Å². The van der Waals surface area contributed by atoms with Crippen molar-refractivity contribution < 1.29 is 4.79 Å². The molecule has 0 N–H and O–H groups in total. The van der Waals surface area contributed by atoms with Gasteiger partial charge >= 0.3 is 0 Å². The predicted octanol–water partition coefficient (Wildman–Crippen LogP) is 1.65. The van der Waals surface area contributed by atoms with Crippen molar-refractivity contribution in [2.75, 3.05) is 27.2 Å². The predicted molar refractivity (Wildman–Crippen MR) is 98.6 cm³/mol. The molecule has 0 unspecified atom stereocenters. The number of piperidine rings is 1. The summed E-state index contributed by atoms with van der Waals surface area (Å²) in [6.07, 6.45) is 4.70. The lowest BCUT2D eigenvalue weighted by atomic mass is 10.0. The first-order chi connectivity index (χ1) is 12.0. The molecule has 0 radical (unpaired) electrons. The van der Waals surface area contributed by atoms with Crippen LogP contribution < -0.4 is 5.56 Å². The number of likely N-dealkylation sites (N-methyl/N-ethyl adjacent to an activating group) is 1. The number of carbonyl (C=O) groups excluding carboxylic acids is 1. The van der Waals surface area contributed by atoms with Crippen LogP contribution in [0.4, 0.5) is 0 Å². The Kier molecular flexibility index (Phi) is 5.18. The Morgan fingerprint density at radius 2 is 2.12 bits per heavy atom. The minimum atomic E-state index is -0.150. The maximum atomic E-state index is 12.8. The molecule has 2 heterocycles. The summed E-state index contributed by atoms with van der Waals surface area (Å²) in [4.78, 5) is 34.0. The van der Waals surface area contributed by atoms with Crippen molar-refractivity contribution in [1.82, 2.24) is 19.4 Å². The minimum Gasteiger partial charge on any atom is -0.337 e. The second-order valence-electron chi connectivity index (χ2n) is 7.15. The summed E-state index contributed by atoms with van der Waals surface area (Å²) in [5.74, 6) is 0.00227. The van der Waals surface area contributed by atoms with E-state index < -0.39 is 0 Å². The molecular formula is C19H26N4O2. The number of hydrogen-bond acceptors (Lipinski definition) is 4. The molecule has 134 valence electrons. The summed E-state index contributed by atoms with van der Waals surface area (Å²) in [5, 5.41) is 0.568. The number of para-hydroxylation sites is 1. The fourth-order valence-electron chi connectivity index (χ4n) is 3.63. The van der Waals surface area contributed by atoms with Gasteiger partial charge in [0.05, 0.1) is 17.2 Å². The summed E-state index contributed by atoms with van der Waals surface area (Å²) in [7, 11) is 4.05. The fraction of sp³-hybridized carbons (Fsp3) is 0.526. The number of aromatic nitrogens is 2. The maximum absolute atomic E-state index is 12.8. The van der Waals surface area contributed by atoms with E-state index in [9.17, 15) is 9.59 Å². The van der Waals surface area contributed by atoms with E-state index in [1.54, 1.807) is 6.07 Å². The van der Waals surface area contributed by atoms with E-state index >= 15 is 0 Å². The second-order valence-corrected chi connectivity index (χ2v) is 7.15. The van der Waals surface area contributed by atoms with E-state index in [4.69, 9.17) is 0 Å². The number of benzene rings is 1. The average Bonchev–Trinajstić information content (AvgIpc) is 2.58. The lowest BCUT2D eigenvalue weighted by molar-refractivity contribution is -0.135. The van der Waals surface area contributed by atoms with Gasteiger partial charge in [0.15, 0.2) is 0 Å². The molecule has 1 aromatic heterocycles. The first kappa shape index (κ1) is 17.6. The Labute approximate surface area is 148 Å². The largest absolute Gasteiger partial charge is 0.337 e. The van der Waals surface area contributed by atoms with Gasteiger partial charge in [0.25, 0.3) is 5.56 Å². The monoisotopic (exact) mass is 342 g/mol. The number of fused-ring (bicyclic) bond motifs is 1. The fourth-order valence-corrected chi connectivity index (χ4v) is 3.63. The highest BCUT2D eigenvalue weighted by Crippen LogP contribution is 2.18. The van der Waals surface area contributed by atoms with Crippen LogP contribution in [0.2, 0.25) is 0 Å². The number of amides is 1. The van der Waals surface area contributed by atoms with E-state index in [2.05, 4.69) is 9.88 Å². The minimum absolute atomic E-state index is 0.00227. The van der Waals surface area contributed by atoms with Gasteiger partial charge in [-0.1, -0.05) is 12.1 Å². The van der Waals surface area contributed by atoms with E-state index in [1.165, 1.54) is 10.9 Å². The maximum Gasteiger partial charge on any atom is 0.261 e. The zero-order valence-corrected chi connectivity index (χ0v) is 15.2. The van der Waals surface area contributed by atoms with Crippen molar-refractivity contribution in [2.24, 2.45) is 0 Å². The highest BCUT2D eigenvalue weighted by atomic mass is 16.2.